The predicted octanol–water partition coefficient (Wildman–Crippen LogP) is 4.44. The van der Waals surface area contributed by atoms with Crippen LogP contribution in [0.4, 0.5) is 0 Å². The molecule has 0 saturated carbocycles. The van der Waals surface area contributed by atoms with Crippen molar-refractivity contribution in [2.75, 3.05) is 19.8 Å². The lowest BCUT2D eigenvalue weighted by Crippen LogP contribution is -2.18. The number of hydrogen-bond acceptors (Lipinski definition) is 3. The molecule has 0 spiro atoms. The van der Waals surface area contributed by atoms with Crippen LogP contribution in [0.5, 0.6) is 0 Å². The summed E-state index contributed by atoms with van der Waals surface area (Å²) in [6.07, 6.45) is 13.8. The van der Waals surface area contributed by atoms with Gasteiger partial charge in [-0.3, -0.25) is 0 Å². The topological polar surface area (TPSA) is 38.7 Å². The smallest absolute Gasteiger partial charge is 0.157 e. The van der Waals surface area contributed by atoms with Crippen molar-refractivity contribution in [3.8, 4) is 0 Å². The molecule has 0 rings (SSSR count). The Morgan fingerprint density at radius 2 is 1.40 bits per heavy atom. The molecule has 0 aromatic carbocycles. The van der Waals surface area contributed by atoms with Crippen molar-refractivity contribution < 1.29 is 14.6 Å². The van der Waals surface area contributed by atoms with E-state index in [1.807, 2.05) is 6.08 Å². The highest BCUT2D eigenvalue weighted by Crippen LogP contribution is 2.09. The van der Waals surface area contributed by atoms with Crippen molar-refractivity contribution in [2.24, 2.45) is 0 Å². The number of rotatable bonds is 15. The van der Waals surface area contributed by atoms with Gasteiger partial charge in [0.15, 0.2) is 6.29 Å². The molecule has 1 N–H and O–H groups in total. The molecular formula is C17H34O3. The average molecular weight is 286 g/mol. The van der Waals surface area contributed by atoms with Crippen molar-refractivity contribution in [3.63, 3.8) is 0 Å². The molecule has 0 atom stereocenters. The molecule has 0 aromatic heterocycles. The summed E-state index contributed by atoms with van der Waals surface area (Å²) < 4.78 is 11.7. The highest BCUT2D eigenvalue weighted by atomic mass is 16.7. The van der Waals surface area contributed by atoms with Crippen LogP contribution in [0.3, 0.4) is 0 Å². The monoisotopic (exact) mass is 286 g/mol. The van der Waals surface area contributed by atoms with Crippen LogP contribution in [-0.4, -0.2) is 31.2 Å². The average Bonchev–Trinajstić information content (AvgIpc) is 2.47. The fraction of sp³-hybridized carbons (Fsp3) is 0.882. The van der Waals surface area contributed by atoms with Crippen LogP contribution in [-0.2, 0) is 9.47 Å². The maximum Gasteiger partial charge on any atom is 0.157 e. The lowest BCUT2D eigenvalue weighted by molar-refractivity contribution is -0.146. The first-order valence-electron chi connectivity index (χ1n) is 8.34. The van der Waals surface area contributed by atoms with Crippen LogP contribution in [0.15, 0.2) is 12.2 Å². The summed E-state index contributed by atoms with van der Waals surface area (Å²) in [5.74, 6) is 0. The third-order valence-corrected chi connectivity index (χ3v) is 3.13. The molecule has 0 radical (unpaired) electrons. The third-order valence-electron chi connectivity index (χ3n) is 3.13. The van der Waals surface area contributed by atoms with E-state index in [1.54, 1.807) is 0 Å². The number of aliphatic hydroxyl groups is 1. The fourth-order valence-electron chi connectivity index (χ4n) is 1.89. The van der Waals surface area contributed by atoms with Crippen molar-refractivity contribution in [3.05, 3.63) is 12.2 Å². The standard InChI is InChI=1S/C17H34O3/c1-3-5-11-15-19-17(20-16-12-6-4-2)13-9-7-8-10-14-18/h7-8,17-18H,3-6,9-16H2,1-2H3/b8-7-. The summed E-state index contributed by atoms with van der Waals surface area (Å²) in [6.45, 7) is 6.22. The zero-order valence-corrected chi connectivity index (χ0v) is 13.5. The largest absolute Gasteiger partial charge is 0.396 e. The molecule has 0 saturated heterocycles. The molecular weight excluding hydrogens is 252 g/mol. The van der Waals surface area contributed by atoms with Crippen molar-refractivity contribution in [1.82, 2.24) is 0 Å². The van der Waals surface area contributed by atoms with Crippen LogP contribution in [0, 0.1) is 0 Å². The molecule has 0 amide bonds. The van der Waals surface area contributed by atoms with Crippen molar-refractivity contribution in [1.29, 1.82) is 0 Å². The lowest BCUT2D eigenvalue weighted by Gasteiger charge is -2.18. The molecule has 0 unspecified atom stereocenters. The Kier molecular flexibility index (Phi) is 16.4. The zero-order valence-electron chi connectivity index (χ0n) is 13.5. The van der Waals surface area contributed by atoms with Gasteiger partial charge in [-0.25, -0.2) is 0 Å². The van der Waals surface area contributed by atoms with E-state index in [2.05, 4.69) is 19.9 Å². The minimum absolute atomic E-state index is 0.0671. The van der Waals surface area contributed by atoms with Gasteiger partial charge in [-0.2, -0.15) is 0 Å². The first-order valence-corrected chi connectivity index (χ1v) is 8.34. The van der Waals surface area contributed by atoms with E-state index in [0.29, 0.717) is 0 Å². The highest BCUT2D eigenvalue weighted by molar-refractivity contribution is 4.81. The molecule has 0 aromatic rings. The summed E-state index contributed by atoms with van der Waals surface area (Å²) in [7, 11) is 0. The summed E-state index contributed by atoms with van der Waals surface area (Å²) >= 11 is 0. The summed E-state index contributed by atoms with van der Waals surface area (Å²) in [6, 6.07) is 0. The quantitative estimate of drug-likeness (QED) is 0.275. The Hall–Kier alpha value is -0.380. The Morgan fingerprint density at radius 3 is 1.90 bits per heavy atom. The van der Waals surface area contributed by atoms with Crippen LogP contribution < -0.4 is 0 Å². The maximum atomic E-state index is 8.71. The third kappa shape index (κ3) is 14.0. The van der Waals surface area contributed by atoms with Crippen LogP contribution in [0.25, 0.3) is 0 Å². The van der Waals surface area contributed by atoms with Crippen molar-refractivity contribution >= 4 is 0 Å². The van der Waals surface area contributed by atoms with E-state index in [1.165, 1.54) is 25.7 Å². The van der Waals surface area contributed by atoms with E-state index in [-0.39, 0.29) is 12.9 Å². The van der Waals surface area contributed by atoms with Gasteiger partial charge in [0.2, 0.25) is 0 Å². The van der Waals surface area contributed by atoms with Gasteiger partial charge in [0.1, 0.15) is 0 Å². The second-order valence-electron chi connectivity index (χ2n) is 5.15. The van der Waals surface area contributed by atoms with Gasteiger partial charge in [-0.1, -0.05) is 51.7 Å². The number of hydrogen-bond donors (Lipinski definition) is 1. The number of aliphatic hydroxyl groups excluding tert-OH is 1. The molecule has 0 heterocycles. The molecule has 0 fully saturated rings. The van der Waals surface area contributed by atoms with Gasteiger partial charge in [0, 0.05) is 26.2 Å². The molecule has 20 heavy (non-hydrogen) atoms. The second-order valence-corrected chi connectivity index (χ2v) is 5.15. The lowest BCUT2D eigenvalue weighted by atomic mass is 10.2. The molecule has 0 aliphatic carbocycles. The number of ether oxygens (including phenoxy) is 2. The molecule has 0 bridgehead atoms. The maximum absolute atomic E-state index is 8.71. The van der Waals surface area contributed by atoms with Crippen LogP contribution in [0.1, 0.15) is 71.6 Å². The Bertz CT molecular complexity index is 192. The molecule has 3 heteroatoms. The van der Waals surface area contributed by atoms with Gasteiger partial charge in [0.25, 0.3) is 0 Å². The molecule has 120 valence electrons. The first kappa shape index (κ1) is 19.6. The highest BCUT2D eigenvalue weighted by Gasteiger charge is 2.08. The van der Waals surface area contributed by atoms with Crippen LogP contribution in [0.2, 0.25) is 0 Å². The van der Waals surface area contributed by atoms with Gasteiger partial charge in [-0.15, -0.1) is 0 Å². The SMILES string of the molecule is CCCCCOC(CC/C=C\CCO)OCCCCC. The second kappa shape index (κ2) is 16.7. The Balaban J connectivity index is 3.78. The minimum atomic E-state index is -0.0671. The number of unbranched alkanes of at least 4 members (excludes halogenated alkanes) is 4. The van der Waals surface area contributed by atoms with Gasteiger partial charge < -0.3 is 14.6 Å². The molecule has 3 nitrogen and oxygen atoms in total. The van der Waals surface area contributed by atoms with E-state index in [0.717, 1.165) is 45.3 Å². The normalized spacial score (nSPS) is 11.8. The summed E-state index contributed by atoms with van der Waals surface area (Å²) in [5.41, 5.74) is 0. The molecule has 0 aliphatic rings. The molecule has 0 aliphatic heterocycles. The zero-order chi connectivity index (χ0) is 14.9. The van der Waals surface area contributed by atoms with E-state index in [9.17, 15) is 0 Å². The van der Waals surface area contributed by atoms with E-state index >= 15 is 0 Å². The number of allylic oxidation sites excluding steroid dienone is 1. The van der Waals surface area contributed by atoms with Gasteiger partial charge in [-0.05, 0) is 25.7 Å². The fourth-order valence-corrected chi connectivity index (χ4v) is 1.89. The Labute approximate surface area is 125 Å². The summed E-state index contributed by atoms with van der Waals surface area (Å²) in [4.78, 5) is 0. The van der Waals surface area contributed by atoms with Gasteiger partial charge in [0.05, 0.1) is 0 Å². The van der Waals surface area contributed by atoms with Crippen molar-refractivity contribution in [2.45, 2.75) is 77.9 Å². The van der Waals surface area contributed by atoms with Crippen LogP contribution >= 0.6 is 0 Å². The van der Waals surface area contributed by atoms with E-state index in [4.69, 9.17) is 14.6 Å². The minimum Gasteiger partial charge on any atom is -0.396 e. The predicted molar refractivity (Wildman–Crippen MR) is 84.8 cm³/mol. The van der Waals surface area contributed by atoms with Gasteiger partial charge >= 0.3 is 0 Å². The summed E-state index contributed by atoms with van der Waals surface area (Å²) in [5, 5.41) is 8.71. The Morgan fingerprint density at radius 1 is 0.850 bits per heavy atom. The van der Waals surface area contributed by atoms with E-state index < -0.39 is 0 Å². The first-order chi connectivity index (χ1) is 9.85.